The molecule has 0 spiro atoms. The molecule has 2 atom stereocenters. The normalized spacial score (nSPS) is 14.1. The summed E-state index contributed by atoms with van der Waals surface area (Å²) in [5.74, 6) is -0.348. The van der Waals surface area contributed by atoms with Gasteiger partial charge < -0.3 is 27.9 Å². The van der Waals surface area contributed by atoms with E-state index in [1.54, 1.807) is 0 Å². The molecule has 0 aliphatic rings. The molecule has 0 aromatic rings. The van der Waals surface area contributed by atoms with Crippen LogP contribution in [-0.4, -0.2) is 70.7 Å². The predicted molar refractivity (Wildman–Crippen MR) is 240 cm³/mol. The van der Waals surface area contributed by atoms with Crippen molar-refractivity contribution in [2.75, 3.05) is 54.1 Å². The van der Waals surface area contributed by atoms with Gasteiger partial charge in [-0.15, -0.1) is 0 Å². The average Bonchev–Trinajstić information content (AvgIpc) is 3.16. The van der Waals surface area contributed by atoms with Crippen molar-refractivity contribution in [3.63, 3.8) is 0 Å². The van der Waals surface area contributed by atoms with Gasteiger partial charge in [0.1, 0.15) is 19.3 Å². The molecule has 0 fully saturated rings. The molecule has 0 aromatic heterocycles. The Labute approximate surface area is 352 Å². The highest BCUT2D eigenvalue weighted by molar-refractivity contribution is 7.45. The first-order chi connectivity index (χ1) is 27.6. The zero-order valence-electron chi connectivity index (χ0n) is 37.8. The summed E-state index contributed by atoms with van der Waals surface area (Å²) in [6.45, 7) is 5.34. The number of hydrogen-bond acceptors (Lipinski definition) is 7. The van der Waals surface area contributed by atoms with Gasteiger partial charge in [-0.05, 0) is 70.6 Å². The lowest BCUT2D eigenvalue weighted by molar-refractivity contribution is -0.870. The zero-order valence-corrected chi connectivity index (χ0v) is 38.7. The van der Waals surface area contributed by atoms with Crippen LogP contribution in [0.25, 0.3) is 0 Å². The minimum absolute atomic E-state index is 0.0221. The minimum Gasteiger partial charge on any atom is -0.756 e. The third-order valence-electron chi connectivity index (χ3n) is 9.85. The number of esters is 1. The molecular weight excluding hydrogens is 734 g/mol. The summed E-state index contributed by atoms with van der Waals surface area (Å²) in [7, 11) is 1.34. The Bertz CT molecular complexity index is 1050. The summed E-state index contributed by atoms with van der Waals surface area (Å²) in [5, 5.41) is 0. The molecule has 0 rings (SSSR count). The van der Waals surface area contributed by atoms with Crippen LogP contribution in [0, 0.1) is 0 Å². The third-order valence-corrected chi connectivity index (χ3v) is 10.8. The summed E-state index contributed by atoms with van der Waals surface area (Å²) < 4.78 is 34.6. The van der Waals surface area contributed by atoms with E-state index >= 15 is 0 Å². The van der Waals surface area contributed by atoms with Crippen LogP contribution in [0.1, 0.15) is 194 Å². The summed E-state index contributed by atoms with van der Waals surface area (Å²) in [6, 6.07) is 0. The fraction of sp³-hybridized carbons (Fsp3) is 0.812. The van der Waals surface area contributed by atoms with Gasteiger partial charge in [0.2, 0.25) is 0 Å². The second kappa shape index (κ2) is 41.2. The lowest BCUT2D eigenvalue weighted by Crippen LogP contribution is -2.37. The maximum atomic E-state index is 12.6. The van der Waals surface area contributed by atoms with E-state index in [4.69, 9.17) is 18.5 Å². The van der Waals surface area contributed by atoms with Gasteiger partial charge in [-0.25, -0.2) is 0 Å². The number of rotatable bonds is 43. The van der Waals surface area contributed by atoms with E-state index in [0.29, 0.717) is 24.1 Å². The molecule has 334 valence electrons. The molecule has 0 N–H and O–H groups in total. The number of phosphoric ester groups is 1. The van der Waals surface area contributed by atoms with E-state index in [1.165, 1.54) is 116 Å². The molecule has 0 saturated carbocycles. The van der Waals surface area contributed by atoms with Gasteiger partial charge in [0.15, 0.2) is 0 Å². The lowest BCUT2D eigenvalue weighted by Gasteiger charge is -2.28. The lowest BCUT2D eigenvalue weighted by atomic mass is 10.1. The molecule has 57 heavy (non-hydrogen) atoms. The molecule has 2 unspecified atom stereocenters. The number of phosphoric acid groups is 1. The maximum absolute atomic E-state index is 12.6. The van der Waals surface area contributed by atoms with E-state index in [9.17, 15) is 14.3 Å². The first-order valence-electron chi connectivity index (χ1n) is 23.4. The molecule has 0 aromatic carbocycles. The van der Waals surface area contributed by atoms with Crippen LogP contribution in [0.2, 0.25) is 0 Å². The molecule has 0 radical (unpaired) electrons. The molecule has 0 amide bonds. The fourth-order valence-corrected chi connectivity index (χ4v) is 6.91. The smallest absolute Gasteiger partial charge is 0.306 e. The largest absolute Gasteiger partial charge is 0.756 e. The van der Waals surface area contributed by atoms with E-state index < -0.39 is 13.9 Å². The Balaban J connectivity index is 4.12. The van der Waals surface area contributed by atoms with Gasteiger partial charge >= 0.3 is 5.97 Å². The van der Waals surface area contributed by atoms with E-state index in [-0.39, 0.29) is 25.8 Å². The Morgan fingerprint density at radius 2 is 0.982 bits per heavy atom. The Morgan fingerprint density at radius 1 is 0.544 bits per heavy atom. The highest BCUT2D eigenvalue weighted by Gasteiger charge is 2.20. The van der Waals surface area contributed by atoms with Crippen molar-refractivity contribution in [3.05, 3.63) is 48.6 Å². The summed E-state index contributed by atoms with van der Waals surface area (Å²) in [5.41, 5.74) is 0. The SMILES string of the molecule is CCCC/C=C\CCCCCCCC(=O)OC(COCCCCCCCCCCC/C=C\C/C=C\C/C=C\CCCCCCC)COP(=O)([O-])OCC[N+](C)(C)C. The second-order valence-electron chi connectivity index (χ2n) is 16.8. The Kier molecular flexibility index (Phi) is 40.1. The van der Waals surface area contributed by atoms with Gasteiger partial charge in [-0.3, -0.25) is 9.36 Å². The number of ether oxygens (including phenoxy) is 2. The number of carbonyl (C=O) groups excluding carboxylic acids is 1. The highest BCUT2D eigenvalue weighted by atomic mass is 31.2. The predicted octanol–water partition coefficient (Wildman–Crippen LogP) is 13.3. The Morgan fingerprint density at radius 3 is 1.51 bits per heavy atom. The summed E-state index contributed by atoms with van der Waals surface area (Å²) in [4.78, 5) is 25.0. The minimum atomic E-state index is -4.53. The van der Waals surface area contributed by atoms with Crippen LogP contribution in [0.3, 0.4) is 0 Å². The Hall–Kier alpha value is -1.54. The molecular formula is C48H90NO7P. The average molecular weight is 824 g/mol. The molecule has 0 aliphatic carbocycles. The number of allylic oxidation sites excluding steroid dienone is 8. The van der Waals surface area contributed by atoms with Crippen LogP contribution >= 0.6 is 7.82 Å². The monoisotopic (exact) mass is 824 g/mol. The fourth-order valence-electron chi connectivity index (χ4n) is 6.18. The maximum Gasteiger partial charge on any atom is 0.306 e. The number of unbranched alkanes of at least 4 members (excludes halogenated alkanes) is 21. The number of likely N-dealkylation sites (N-methyl/N-ethyl adjacent to an activating group) is 1. The van der Waals surface area contributed by atoms with Crippen molar-refractivity contribution in [3.8, 4) is 0 Å². The quantitative estimate of drug-likeness (QED) is 0.0199. The number of quaternary nitrogens is 1. The van der Waals surface area contributed by atoms with E-state index in [2.05, 4.69) is 62.5 Å². The summed E-state index contributed by atoms with van der Waals surface area (Å²) in [6.07, 6.45) is 49.9. The van der Waals surface area contributed by atoms with Gasteiger partial charge in [0.25, 0.3) is 7.82 Å². The van der Waals surface area contributed by atoms with Gasteiger partial charge in [0, 0.05) is 13.0 Å². The third kappa shape index (κ3) is 45.4. The first-order valence-corrected chi connectivity index (χ1v) is 24.8. The van der Waals surface area contributed by atoms with Crippen molar-refractivity contribution in [1.82, 2.24) is 0 Å². The second-order valence-corrected chi connectivity index (χ2v) is 18.2. The molecule has 0 aliphatic heterocycles. The number of carbonyl (C=O) groups is 1. The van der Waals surface area contributed by atoms with Gasteiger partial charge in [-0.2, -0.15) is 0 Å². The van der Waals surface area contributed by atoms with Crippen molar-refractivity contribution in [1.29, 1.82) is 0 Å². The van der Waals surface area contributed by atoms with Crippen LogP contribution in [0.4, 0.5) is 0 Å². The van der Waals surface area contributed by atoms with Gasteiger partial charge in [0.05, 0.1) is 34.4 Å². The number of nitrogens with zero attached hydrogens (tertiary/aromatic N) is 1. The van der Waals surface area contributed by atoms with Crippen LogP contribution < -0.4 is 4.89 Å². The topological polar surface area (TPSA) is 94.1 Å². The standard InChI is InChI=1S/C48H90NO7P/c1-6-8-10-12-14-16-18-19-20-21-22-23-24-25-26-27-28-29-30-32-34-36-38-40-43-53-45-47(46-55-57(51,52)54-44-42-49(3,4)5)56-48(50)41-39-37-35-33-31-17-15-13-11-9-7-2/h13,15,18-19,21-22,24-25,47H,6-12,14,16-17,20,23,26-46H2,1-5H3/b15-13-,19-18-,22-21-,25-24-. The summed E-state index contributed by atoms with van der Waals surface area (Å²) >= 11 is 0. The first kappa shape index (κ1) is 55.5. The van der Waals surface area contributed by atoms with E-state index in [1.807, 2.05) is 21.1 Å². The highest BCUT2D eigenvalue weighted by Crippen LogP contribution is 2.38. The number of hydrogen-bond donors (Lipinski definition) is 0. The van der Waals surface area contributed by atoms with Gasteiger partial charge in [-0.1, -0.05) is 165 Å². The molecule has 8 nitrogen and oxygen atoms in total. The van der Waals surface area contributed by atoms with Crippen molar-refractivity contribution in [2.24, 2.45) is 0 Å². The van der Waals surface area contributed by atoms with Crippen molar-refractivity contribution in [2.45, 2.75) is 200 Å². The van der Waals surface area contributed by atoms with Crippen molar-refractivity contribution < 1.29 is 37.3 Å². The van der Waals surface area contributed by atoms with E-state index in [0.717, 1.165) is 57.8 Å². The molecule has 9 heteroatoms. The zero-order chi connectivity index (χ0) is 42.0. The van der Waals surface area contributed by atoms with Crippen LogP contribution in [0.15, 0.2) is 48.6 Å². The molecule has 0 bridgehead atoms. The molecule has 0 saturated heterocycles. The van der Waals surface area contributed by atoms with Crippen LogP contribution in [-0.2, 0) is 27.9 Å². The van der Waals surface area contributed by atoms with Crippen LogP contribution in [0.5, 0.6) is 0 Å². The molecule has 0 heterocycles. The van der Waals surface area contributed by atoms with Crippen molar-refractivity contribution >= 4 is 13.8 Å².